The van der Waals surface area contributed by atoms with Crippen LogP contribution in [0.25, 0.3) is 0 Å². The minimum Gasteiger partial charge on any atom is -0.320 e. The summed E-state index contributed by atoms with van der Waals surface area (Å²) >= 11 is 1.79. The Labute approximate surface area is 115 Å². The second kappa shape index (κ2) is 5.30. The molecule has 1 saturated carbocycles. The maximum Gasteiger partial charge on any atom is 0.0929 e. The predicted molar refractivity (Wildman–Crippen MR) is 78.8 cm³/mol. The molecule has 1 fully saturated rings. The van der Waals surface area contributed by atoms with Gasteiger partial charge < -0.3 is 5.73 Å². The van der Waals surface area contributed by atoms with E-state index in [0.717, 1.165) is 25.0 Å². The van der Waals surface area contributed by atoms with E-state index in [2.05, 4.69) is 26.2 Å². The average Bonchev–Trinajstić information content (AvgIpc) is 2.76. The number of aryl methyl sites for hydroxylation is 1. The molecule has 3 heteroatoms. The summed E-state index contributed by atoms with van der Waals surface area (Å²) in [5, 5.41) is 3.46. The van der Waals surface area contributed by atoms with Gasteiger partial charge in [0.05, 0.1) is 16.2 Å². The topological polar surface area (TPSA) is 38.9 Å². The molecule has 2 nitrogen and oxygen atoms in total. The number of hydrogen-bond acceptors (Lipinski definition) is 3. The third kappa shape index (κ3) is 3.55. The van der Waals surface area contributed by atoms with Crippen molar-refractivity contribution in [3.63, 3.8) is 0 Å². The highest BCUT2D eigenvalue weighted by molar-refractivity contribution is 7.09. The van der Waals surface area contributed by atoms with Gasteiger partial charge in [0.15, 0.2) is 0 Å². The van der Waals surface area contributed by atoms with E-state index in [-0.39, 0.29) is 5.54 Å². The number of nitrogens with two attached hydrogens (primary N) is 1. The summed E-state index contributed by atoms with van der Waals surface area (Å²) in [5.41, 5.74) is 7.92. The Morgan fingerprint density at radius 3 is 2.56 bits per heavy atom. The summed E-state index contributed by atoms with van der Waals surface area (Å²) < 4.78 is 0. The van der Waals surface area contributed by atoms with Gasteiger partial charge in [0, 0.05) is 5.38 Å². The Morgan fingerprint density at radius 1 is 1.28 bits per heavy atom. The van der Waals surface area contributed by atoms with Crippen LogP contribution in [-0.4, -0.2) is 4.98 Å². The summed E-state index contributed by atoms with van der Waals surface area (Å²) in [6.45, 7) is 6.85. The standard InChI is InChI=1S/C15H26N2S/c1-14(2,3)10-7-13-17-12(11-18-13)15(16)8-5-4-6-9-15/h11H,4-10,16H2,1-3H3. The number of rotatable bonds is 3. The largest absolute Gasteiger partial charge is 0.320 e. The van der Waals surface area contributed by atoms with Gasteiger partial charge in [-0.1, -0.05) is 40.0 Å². The van der Waals surface area contributed by atoms with Crippen molar-refractivity contribution < 1.29 is 0 Å². The molecule has 1 heterocycles. The zero-order valence-electron chi connectivity index (χ0n) is 12.0. The van der Waals surface area contributed by atoms with Crippen molar-refractivity contribution in [2.75, 3.05) is 0 Å². The van der Waals surface area contributed by atoms with Crippen molar-refractivity contribution in [2.45, 2.75) is 71.3 Å². The van der Waals surface area contributed by atoms with Crippen LogP contribution >= 0.6 is 11.3 Å². The van der Waals surface area contributed by atoms with E-state index in [4.69, 9.17) is 10.7 Å². The molecular formula is C15H26N2S. The smallest absolute Gasteiger partial charge is 0.0929 e. The predicted octanol–water partition coefficient (Wildman–Crippen LogP) is 4.24. The van der Waals surface area contributed by atoms with Gasteiger partial charge in [0.1, 0.15) is 0 Å². The molecule has 2 N–H and O–H groups in total. The van der Waals surface area contributed by atoms with Gasteiger partial charge >= 0.3 is 0 Å². The molecule has 0 amide bonds. The molecule has 1 aromatic rings. The van der Waals surface area contributed by atoms with Gasteiger partial charge in [-0.2, -0.15) is 0 Å². The zero-order valence-corrected chi connectivity index (χ0v) is 12.8. The van der Waals surface area contributed by atoms with E-state index in [1.54, 1.807) is 11.3 Å². The summed E-state index contributed by atoms with van der Waals surface area (Å²) in [5.74, 6) is 0. The van der Waals surface area contributed by atoms with Crippen LogP contribution in [0, 0.1) is 5.41 Å². The lowest BCUT2D eigenvalue weighted by Crippen LogP contribution is -2.38. The van der Waals surface area contributed by atoms with E-state index in [1.165, 1.54) is 30.7 Å². The van der Waals surface area contributed by atoms with Crippen molar-refractivity contribution in [2.24, 2.45) is 11.1 Å². The Kier molecular flexibility index (Phi) is 4.12. The molecule has 0 aliphatic heterocycles. The van der Waals surface area contributed by atoms with Crippen molar-refractivity contribution in [3.05, 3.63) is 16.1 Å². The molecule has 0 saturated heterocycles. The van der Waals surface area contributed by atoms with Gasteiger partial charge in [-0.15, -0.1) is 11.3 Å². The second-order valence-electron chi connectivity index (χ2n) is 6.90. The Hall–Kier alpha value is -0.410. The van der Waals surface area contributed by atoms with Crippen molar-refractivity contribution in [3.8, 4) is 0 Å². The molecule has 102 valence electrons. The van der Waals surface area contributed by atoms with Crippen LogP contribution in [0.15, 0.2) is 5.38 Å². The lowest BCUT2D eigenvalue weighted by atomic mass is 9.80. The monoisotopic (exact) mass is 266 g/mol. The minimum absolute atomic E-state index is 0.130. The van der Waals surface area contributed by atoms with E-state index in [0.29, 0.717) is 5.41 Å². The Bertz CT molecular complexity index is 383. The highest BCUT2D eigenvalue weighted by Gasteiger charge is 2.31. The number of aromatic nitrogens is 1. The van der Waals surface area contributed by atoms with Gasteiger partial charge in [-0.3, -0.25) is 0 Å². The highest BCUT2D eigenvalue weighted by atomic mass is 32.1. The zero-order chi connectivity index (χ0) is 13.2. The minimum atomic E-state index is -0.130. The van der Waals surface area contributed by atoms with Crippen LogP contribution in [0.1, 0.15) is 70.0 Å². The quantitative estimate of drug-likeness (QED) is 0.888. The summed E-state index contributed by atoms with van der Waals surface area (Å²) in [6.07, 6.45) is 8.34. The third-order valence-electron chi connectivity index (χ3n) is 3.90. The molecule has 0 bridgehead atoms. The van der Waals surface area contributed by atoms with E-state index in [1.807, 2.05) is 0 Å². The Balaban J connectivity index is 2.01. The average molecular weight is 266 g/mol. The summed E-state index contributed by atoms with van der Waals surface area (Å²) in [6, 6.07) is 0. The molecule has 0 aromatic carbocycles. The third-order valence-corrected chi connectivity index (χ3v) is 4.81. The SMILES string of the molecule is CC(C)(C)CCc1nc(C2(N)CCCCC2)cs1. The molecule has 2 rings (SSSR count). The molecule has 0 spiro atoms. The number of thiazole rings is 1. The fourth-order valence-electron chi connectivity index (χ4n) is 2.58. The maximum atomic E-state index is 6.52. The summed E-state index contributed by atoms with van der Waals surface area (Å²) in [4.78, 5) is 4.80. The van der Waals surface area contributed by atoms with Gasteiger partial charge in [0.25, 0.3) is 0 Å². The molecule has 1 aromatic heterocycles. The molecule has 18 heavy (non-hydrogen) atoms. The van der Waals surface area contributed by atoms with Gasteiger partial charge in [0.2, 0.25) is 0 Å². The van der Waals surface area contributed by atoms with E-state index >= 15 is 0 Å². The Morgan fingerprint density at radius 2 is 1.94 bits per heavy atom. The van der Waals surface area contributed by atoms with Crippen LogP contribution in [0.4, 0.5) is 0 Å². The van der Waals surface area contributed by atoms with Crippen LogP contribution < -0.4 is 5.73 Å². The van der Waals surface area contributed by atoms with Crippen LogP contribution in [0.2, 0.25) is 0 Å². The van der Waals surface area contributed by atoms with Crippen LogP contribution in [0.3, 0.4) is 0 Å². The maximum absolute atomic E-state index is 6.52. The number of nitrogens with zero attached hydrogens (tertiary/aromatic N) is 1. The van der Waals surface area contributed by atoms with E-state index in [9.17, 15) is 0 Å². The molecular weight excluding hydrogens is 240 g/mol. The van der Waals surface area contributed by atoms with Crippen LogP contribution in [0.5, 0.6) is 0 Å². The fraction of sp³-hybridized carbons (Fsp3) is 0.800. The normalized spacial score (nSPS) is 20.0. The van der Waals surface area contributed by atoms with Crippen molar-refractivity contribution in [1.82, 2.24) is 4.98 Å². The summed E-state index contributed by atoms with van der Waals surface area (Å²) in [7, 11) is 0. The van der Waals surface area contributed by atoms with E-state index < -0.39 is 0 Å². The number of hydrogen-bond donors (Lipinski definition) is 1. The fourth-order valence-corrected chi connectivity index (χ4v) is 3.48. The molecule has 0 atom stereocenters. The first-order chi connectivity index (χ1) is 8.39. The lowest BCUT2D eigenvalue weighted by Gasteiger charge is -2.31. The van der Waals surface area contributed by atoms with Gasteiger partial charge in [-0.25, -0.2) is 4.98 Å². The van der Waals surface area contributed by atoms with Crippen LogP contribution in [-0.2, 0) is 12.0 Å². The lowest BCUT2D eigenvalue weighted by molar-refractivity contribution is 0.295. The highest BCUT2D eigenvalue weighted by Crippen LogP contribution is 2.35. The molecule has 1 aliphatic rings. The van der Waals surface area contributed by atoms with Gasteiger partial charge in [-0.05, 0) is 31.1 Å². The first-order valence-corrected chi connectivity index (χ1v) is 8.01. The molecule has 0 radical (unpaired) electrons. The van der Waals surface area contributed by atoms with Crippen molar-refractivity contribution >= 4 is 11.3 Å². The first-order valence-electron chi connectivity index (χ1n) is 7.13. The van der Waals surface area contributed by atoms with Crippen molar-refractivity contribution in [1.29, 1.82) is 0 Å². The second-order valence-corrected chi connectivity index (χ2v) is 7.85. The molecule has 0 unspecified atom stereocenters. The first kappa shape index (κ1) is 14.0. The molecule has 1 aliphatic carbocycles.